The topological polar surface area (TPSA) is 0 Å². The Morgan fingerprint density at radius 1 is 0.600 bits per heavy atom. The van der Waals surface area contributed by atoms with Gasteiger partial charge >= 0.3 is 0 Å². The molecule has 0 radical (unpaired) electrons. The number of fused-ring (bicyclic) bond motifs is 4. The van der Waals surface area contributed by atoms with Crippen LogP contribution in [-0.4, -0.2) is 0 Å². The molecule has 0 amide bonds. The first-order valence-electron chi connectivity index (χ1n) is 9.59. The Morgan fingerprint density at radius 3 is 2.05 bits per heavy atom. The van der Waals surface area contributed by atoms with E-state index < -0.39 is 0 Å². The summed E-state index contributed by atoms with van der Waals surface area (Å²) in [4.78, 5) is 0. The van der Waals surface area contributed by atoms with Crippen molar-refractivity contribution >= 4 is 0 Å². The molecule has 0 nitrogen and oxygen atoms in total. The molecule has 4 aliphatic rings. The molecule has 0 N–H and O–H groups in total. The Morgan fingerprint density at radius 2 is 1.25 bits per heavy atom. The summed E-state index contributed by atoms with van der Waals surface area (Å²) in [5.41, 5.74) is 0. The zero-order chi connectivity index (χ0) is 14.0. The highest BCUT2D eigenvalue weighted by Crippen LogP contribution is 2.65. The molecule has 0 aliphatic heterocycles. The molecule has 10 atom stereocenters. The molecular weight excluding hydrogens is 240 g/mol. The molecule has 4 saturated carbocycles. The highest BCUT2D eigenvalue weighted by atomic mass is 14.6. The summed E-state index contributed by atoms with van der Waals surface area (Å²) in [5.74, 6) is 10.6. The average molecular weight is 274 g/mol. The van der Waals surface area contributed by atoms with Gasteiger partial charge in [-0.1, -0.05) is 47.0 Å². The predicted octanol–water partition coefficient (Wildman–Crippen LogP) is 5.62. The van der Waals surface area contributed by atoms with E-state index in [0.29, 0.717) is 0 Å². The monoisotopic (exact) mass is 274 g/mol. The van der Waals surface area contributed by atoms with Gasteiger partial charge in [-0.25, -0.2) is 0 Å². The molecule has 0 saturated heterocycles. The summed E-state index contributed by atoms with van der Waals surface area (Å²) in [6, 6.07) is 0. The maximum atomic E-state index is 2.64. The molecule has 4 rings (SSSR count). The van der Waals surface area contributed by atoms with Gasteiger partial charge in [0.1, 0.15) is 0 Å². The van der Waals surface area contributed by atoms with Crippen LogP contribution in [0.15, 0.2) is 0 Å². The van der Waals surface area contributed by atoms with Crippen LogP contribution in [0.1, 0.15) is 66.2 Å². The first kappa shape index (κ1) is 13.6. The minimum atomic E-state index is 0.993. The molecule has 4 aliphatic carbocycles. The van der Waals surface area contributed by atoms with E-state index in [9.17, 15) is 0 Å². The van der Waals surface area contributed by atoms with Crippen molar-refractivity contribution in [1.82, 2.24) is 0 Å². The second kappa shape index (κ2) is 4.75. The van der Waals surface area contributed by atoms with Crippen molar-refractivity contribution in [2.24, 2.45) is 59.2 Å². The lowest BCUT2D eigenvalue weighted by molar-refractivity contribution is 0.00582. The summed E-state index contributed by atoms with van der Waals surface area (Å²) >= 11 is 0. The summed E-state index contributed by atoms with van der Waals surface area (Å²) in [5, 5.41) is 0. The molecule has 0 spiro atoms. The van der Waals surface area contributed by atoms with E-state index in [4.69, 9.17) is 0 Å². The largest absolute Gasteiger partial charge is 0.0622 e. The van der Waals surface area contributed by atoms with Gasteiger partial charge in [-0.2, -0.15) is 0 Å². The molecule has 20 heavy (non-hydrogen) atoms. The Balaban J connectivity index is 1.63. The normalized spacial score (nSPS) is 61.8. The van der Waals surface area contributed by atoms with Gasteiger partial charge in [0, 0.05) is 0 Å². The third kappa shape index (κ3) is 1.72. The Kier molecular flexibility index (Phi) is 3.24. The minimum Gasteiger partial charge on any atom is -0.0622 e. The van der Waals surface area contributed by atoms with Crippen LogP contribution in [0.2, 0.25) is 0 Å². The van der Waals surface area contributed by atoms with Crippen LogP contribution in [-0.2, 0) is 0 Å². The van der Waals surface area contributed by atoms with Crippen molar-refractivity contribution in [1.29, 1.82) is 0 Å². The molecule has 0 heteroatoms. The summed E-state index contributed by atoms with van der Waals surface area (Å²) in [7, 11) is 0. The van der Waals surface area contributed by atoms with Crippen LogP contribution in [0.5, 0.6) is 0 Å². The van der Waals surface area contributed by atoms with Gasteiger partial charge in [-0.15, -0.1) is 0 Å². The van der Waals surface area contributed by atoms with Gasteiger partial charge in [-0.3, -0.25) is 0 Å². The fourth-order valence-corrected chi connectivity index (χ4v) is 7.89. The van der Waals surface area contributed by atoms with Crippen molar-refractivity contribution in [3.05, 3.63) is 0 Å². The van der Waals surface area contributed by atoms with E-state index in [1.165, 1.54) is 12.8 Å². The fourth-order valence-electron chi connectivity index (χ4n) is 7.89. The molecule has 0 aromatic carbocycles. The standard InChI is InChI=1S/C20H34/c1-11-9-17-18-10-15-7-5-6-8-16(15)13(3)20(18)14(4)19(17)12(11)2/h11-20H,5-10H2,1-4H3/t11?,12?,13?,14?,15-,16+,17?,18?,19?,20?/m1/s1. The smallest absolute Gasteiger partial charge is 0.0326 e. The second-order valence-electron chi connectivity index (χ2n) is 9.22. The lowest BCUT2D eigenvalue weighted by Crippen LogP contribution is -2.41. The number of rotatable bonds is 0. The van der Waals surface area contributed by atoms with Crippen LogP contribution < -0.4 is 0 Å². The van der Waals surface area contributed by atoms with E-state index in [1.807, 2.05) is 0 Å². The van der Waals surface area contributed by atoms with E-state index in [2.05, 4.69) is 27.7 Å². The van der Waals surface area contributed by atoms with E-state index in [-0.39, 0.29) is 0 Å². The van der Waals surface area contributed by atoms with E-state index >= 15 is 0 Å². The highest BCUT2D eigenvalue weighted by molar-refractivity contribution is 5.07. The maximum absolute atomic E-state index is 2.64. The quantitative estimate of drug-likeness (QED) is 0.537. The van der Waals surface area contributed by atoms with Crippen LogP contribution in [0.3, 0.4) is 0 Å². The molecule has 0 aromatic heterocycles. The summed E-state index contributed by atoms with van der Waals surface area (Å²) in [6.45, 7) is 10.4. The lowest BCUT2D eigenvalue weighted by atomic mass is 9.57. The third-order valence-electron chi connectivity index (χ3n) is 8.73. The minimum absolute atomic E-state index is 0.993. The zero-order valence-electron chi connectivity index (χ0n) is 14.0. The number of hydrogen-bond acceptors (Lipinski definition) is 0. The lowest BCUT2D eigenvalue weighted by Gasteiger charge is -2.48. The third-order valence-corrected chi connectivity index (χ3v) is 8.73. The Hall–Kier alpha value is 0. The fraction of sp³-hybridized carbons (Fsp3) is 1.00. The zero-order valence-corrected chi connectivity index (χ0v) is 14.0. The van der Waals surface area contributed by atoms with Crippen LogP contribution >= 0.6 is 0 Å². The van der Waals surface area contributed by atoms with E-state index in [1.54, 1.807) is 25.7 Å². The maximum Gasteiger partial charge on any atom is -0.0326 e. The van der Waals surface area contributed by atoms with Crippen LogP contribution in [0.4, 0.5) is 0 Å². The summed E-state index contributed by atoms with van der Waals surface area (Å²) < 4.78 is 0. The second-order valence-corrected chi connectivity index (χ2v) is 9.22. The van der Waals surface area contributed by atoms with Gasteiger partial charge in [0.2, 0.25) is 0 Å². The molecule has 0 heterocycles. The van der Waals surface area contributed by atoms with Crippen LogP contribution in [0.25, 0.3) is 0 Å². The molecule has 0 aromatic rings. The van der Waals surface area contributed by atoms with Crippen molar-refractivity contribution in [2.45, 2.75) is 66.2 Å². The molecule has 4 fully saturated rings. The van der Waals surface area contributed by atoms with Crippen molar-refractivity contribution in [3.63, 3.8) is 0 Å². The molecule has 0 bridgehead atoms. The highest BCUT2D eigenvalue weighted by Gasteiger charge is 2.59. The van der Waals surface area contributed by atoms with Crippen molar-refractivity contribution < 1.29 is 0 Å². The van der Waals surface area contributed by atoms with Gasteiger partial charge in [0.05, 0.1) is 0 Å². The van der Waals surface area contributed by atoms with Crippen molar-refractivity contribution in [3.8, 4) is 0 Å². The average Bonchev–Trinajstić information content (AvgIpc) is 2.88. The van der Waals surface area contributed by atoms with Gasteiger partial charge in [0.25, 0.3) is 0 Å². The first-order valence-corrected chi connectivity index (χ1v) is 9.59. The van der Waals surface area contributed by atoms with Crippen LogP contribution in [0, 0.1) is 59.2 Å². The first-order chi connectivity index (χ1) is 9.59. The Labute approximate surface area is 126 Å². The SMILES string of the molecule is CC1CC2C3C[C@H]4CCCC[C@H]4C(C)C3C(C)C2C1C. The molecular formula is C20H34. The predicted molar refractivity (Wildman–Crippen MR) is 85.3 cm³/mol. The molecule has 114 valence electrons. The Bertz CT molecular complexity index is 368. The van der Waals surface area contributed by atoms with Gasteiger partial charge in [0.15, 0.2) is 0 Å². The number of hydrogen-bond donors (Lipinski definition) is 0. The van der Waals surface area contributed by atoms with Gasteiger partial charge < -0.3 is 0 Å². The van der Waals surface area contributed by atoms with Gasteiger partial charge in [-0.05, 0) is 78.4 Å². The van der Waals surface area contributed by atoms with Crippen molar-refractivity contribution in [2.75, 3.05) is 0 Å². The molecule has 8 unspecified atom stereocenters. The summed E-state index contributed by atoms with van der Waals surface area (Å²) in [6.07, 6.45) is 9.35. The van der Waals surface area contributed by atoms with E-state index in [0.717, 1.165) is 59.2 Å².